The second kappa shape index (κ2) is 7.74. The van der Waals surface area contributed by atoms with Gasteiger partial charge in [-0.05, 0) is 39.3 Å². The molecule has 0 atom stereocenters. The maximum atomic E-state index is 12.2. The highest BCUT2D eigenvalue weighted by molar-refractivity contribution is 5.86. The maximum absolute atomic E-state index is 12.2. The van der Waals surface area contributed by atoms with E-state index in [0.29, 0.717) is 13.0 Å². The van der Waals surface area contributed by atoms with E-state index in [4.69, 9.17) is 0 Å². The Kier molecular flexibility index (Phi) is 5.41. The summed E-state index contributed by atoms with van der Waals surface area (Å²) in [6, 6.07) is 23.1. The highest BCUT2D eigenvalue weighted by Gasteiger charge is 2.13. The van der Waals surface area contributed by atoms with Gasteiger partial charge in [0, 0.05) is 13.0 Å². The molecule has 2 nitrogen and oxygen atoms in total. The Hall–Kier alpha value is -2.61. The maximum Gasteiger partial charge on any atom is 0.220 e. The molecule has 0 radical (unpaired) electrons. The molecule has 0 aliphatic carbocycles. The summed E-state index contributed by atoms with van der Waals surface area (Å²) in [4.78, 5) is 12.2. The first-order valence-corrected chi connectivity index (χ1v) is 9.26. The van der Waals surface area contributed by atoms with Crippen molar-refractivity contribution >= 4 is 16.7 Å². The number of benzene rings is 3. The quantitative estimate of drug-likeness (QED) is 0.660. The van der Waals surface area contributed by atoms with Gasteiger partial charge in [0.2, 0.25) is 5.91 Å². The Labute approximate surface area is 156 Å². The molecule has 0 unspecified atom stereocenters. The number of amides is 1. The molecule has 0 aliphatic heterocycles. The largest absolute Gasteiger partial charge is 0.352 e. The molecule has 3 rings (SSSR count). The Morgan fingerprint density at radius 2 is 1.58 bits per heavy atom. The van der Waals surface area contributed by atoms with Crippen LogP contribution in [0.2, 0.25) is 0 Å². The first-order chi connectivity index (χ1) is 12.4. The highest BCUT2D eigenvalue weighted by atomic mass is 16.1. The summed E-state index contributed by atoms with van der Waals surface area (Å²) in [6.45, 7) is 7.21. The molecular formula is C24H27NO. The van der Waals surface area contributed by atoms with Gasteiger partial charge in [-0.15, -0.1) is 0 Å². The van der Waals surface area contributed by atoms with Gasteiger partial charge in [0.15, 0.2) is 0 Å². The molecule has 3 aromatic carbocycles. The first kappa shape index (κ1) is 18.2. The van der Waals surface area contributed by atoms with Crippen LogP contribution in [0.15, 0.2) is 66.7 Å². The van der Waals surface area contributed by atoms with E-state index in [1.165, 1.54) is 21.9 Å². The lowest BCUT2D eigenvalue weighted by Crippen LogP contribution is -2.23. The topological polar surface area (TPSA) is 29.1 Å². The lowest BCUT2D eigenvalue weighted by Gasteiger charge is -2.19. The van der Waals surface area contributed by atoms with Crippen molar-refractivity contribution in [2.45, 2.75) is 45.6 Å². The standard InChI is InChI=1S/C24H27NO/c1-24(2,3)21-14-11-18(12-15-21)13-16-23(26)25-17-20-9-6-8-19-7-4-5-10-22(19)20/h4-12,14-15H,13,16-17H2,1-3H3,(H,25,26). The van der Waals surface area contributed by atoms with E-state index in [-0.39, 0.29) is 11.3 Å². The van der Waals surface area contributed by atoms with Crippen LogP contribution < -0.4 is 5.32 Å². The van der Waals surface area contributed by atoms with E-state index in [9.17, 15) is 4.79 Å². The van der Waals surface area contributed by atoms with Crippen LogP contribution in [0.4, 0.5) is 0 Å². The summed E-state index contributed by atoms with van der Waals surface area (Å²) >= 11 is 0. The molecule has 134 valence electrons. The number of rotatable bonds is 5. The molecule has 1 N–H and O–H groups in total. The van der Waals surface area contributed by atoms with Gasteiger partial charge in [0.1, 0.15) is 0 Å². The Morgan fingerprint density at radius 1 is 0.885 bits per heavy atom. The summed E-state index contributed by atoms with van der Waals surface area (Å²) in [7, 11) is 0. The van der Waals surface area contributed by atoms with Crippen LogP contribution in [0.3, 0.4) is 0 Å². The van der Waals surface area contributed by atoms with E-state index in [1.807, 2.05) is 18.2 Å². The van der Waals surface area contributed by atoms with Crippen LogP contribution in [0.25, 0.3) is 10.8 Å². The number of fused-ring (bicyclic) bond motifs is 1. The van der Waals surface area contributed by atoms with Crippen molar-refractivity contribution in [1.82, 2.24) is 5.32 Å². The average Bonchev–Trinajstić information content (AvgIpc) is 2.64. The van der Waals surface area contributed by atoms with Gasteiger partial charge in [-0.1, -0.05) is 87.5 Å². The number of hydrogen-bond acceptors (Lipinski definition) is 1. The molecule has 1 amide bonds. The summed E-state index contributed by atoms with van der Waals surface area (Å²) in [6.07, 6.45) is 1.28. The van der Waals surface area contributed by atoms with Crippen LogP contribution >= 0.6 is 0 Å². The van der Waals surface area contributed by atoms with Crippen molar-refractivity contribution in [1.29, 1.82) is 0 Å². The fourth-order valence-corrected chi connectivity index (χ4v) is 3.16. The van der Waals surface area contributed by atoms with Crippen LogP contribution in [0, 0.1) is 0 Å². The van der Waals surface area contributed by atoms with Crippen LogP contribution in [0.1, 0.15) is 43.9 Å². The molecular weight excluding hydrogens is 318 g/mol. The van der Waals surface area contributed by atoms with Gasteiger partial charge in [-0.25, -0.2) is 0 Å². The Bertz CT molecular complexity index is 883. The van der Waals surface area contributed by atoms with E-state index < -0.39 is 0 Å². The van der Waals surface area contributed by atoms with Crippen LogP contribution in [-0.2, 0) is 23.2 Å². The monoisotopic (exact) mass is 345 g/mol. The second-order valence-corrected chi connectivity index (χ2v) is 7.86. The minimum atomic E-state index is 0.0952. The molecule has 3 aromatic rings. The predicted molar refractivity (Wildman–Crippen MR) is 109 cm³/mol. The van der Waals surface area contributed by atoms with E-state index in [0.717, 1.165) is 12.0 Å². The van der Waals surface area contributed by atoms with Gasteiger partial charge in [-0.3, -0.25) is 4.79 Å². The van der Waals surface area contributed by atoms with E-state index in [1.54, 1.807) is 0 Å². The second-order valence-electron chi connectivity index (χ2n) is 7.86. The Balaban J connectivity index is 1.54. The number of hydrogen-bond donors (Lipinski definition) is 1. The third-order valence-electron chi connectivity index (χ3n) is 4.82. The fraction of sp³-hybridized carbons (Fsp3) is 0.292. The minimum Gasteiger partial charge on any atom is -0.352 e. The smallest absolute Gasteiger partial charge is 0.220 e. The van der Waals surface area contributed by atoms with Gasteiger partial charge < -0.3 is 5.32 Å². The van der Waals surface area contributed by atoms with Crippen molar-refractivity contribution in [3.8, 4) is 0 Å². The average molecular weight is 345 g/mol. The third-order valence-corrected chi connectivity index (χ3v) is 4.82. The summed E-state index contributed by atoms with van der Waals surface area (Å²) in [5.41, 5.74) is 3.85. The predicted octanol–water partition coefficient (Wildman–Crippen LogP) is 5.39. The molecule has 0 heterocycles. The normalized spacial score (nSPS) is 11.5. The third kappa shape index (κ3) is 4.51. The SMILES string of the molecule is CC(C)(C)c1ccc(CCC(=O)NCc2cccc3ccccc23)cc1. The van der Waals surface area contributed by atoms with Crippen molar-refractivity contribution in [2.75, 3.05) is 0 Å². The van der Waals surface area contributed by atoms with Crippen molar-refractivity contribution in [2.24, 2.45) is 0 Å². The zero-order valence-electron chi connectivity index (χ0n) is 15.9. The molecule has 0 aliphatic rings. The molecule has 0 saturated heterocycles. The molecule has 0 saturated carbocycles. The van der Waals surface area contributed by atoms with Crippen LogP contribution in [0.5, 0.6) is 0 Å². The van der Waals surface area contributed by atoms with Gasteiger partial charge >= 0.3 is 0 Å². The van der Waals surface area contributed by atoms with Crippen molar-refractivity contribution < 1.29 is 4.79 Å². The van der Waals surface area contributed by atoms with E-state index >= 15 is 0 Å². The number of aryl methyl sites for hydroxylation is 1. The van der Waals surface area contributed by atoms with E-state index in [2.05, 4.69) is 74.6 Å². The number of carbonyl (C=O) groups is 1. The van der Waals surface area contributed by atoms with Gasteiger partial charge in [-0.2, -0.15) is 0 Å². The summed E-state index contributed by atoms with van der Waals surface area (Å²) in [5, 5.41) is 5.47. The lowest BCUT2D eigenvalue weighted by molar-refractivity contribution is -0.121. The highest BCUT2D eigenvalue weighted by Crippen LogP contribution is 2.22. The van der Waals surface area contributed by atoms with Crippen molar-refractivity contribution in [3.63, 3.8) is 0 Å². The molecule has 0 aromatic heterocycles. The van der Waals surface area contributed by atoms with Crippen LogP contribution in [-0.4, -0.2) is 5.91 Å². The number of carbonyl (C=O) groups excluding carboxylic acids is 1. The number of nitrogens with one attached hydrogen (secondary N) is 1. The summed E-state index contributed by atoms with van der Waals surface area (Å²) in [5.74, 6) is 0.0952. The zero-order chi connectivity index (χ0) is 18.6. The molecule has 0 fully saturated rings. The minimum absolute atomic E-state index is 0.0952. The molecule has 2 heteroatoms. The molecule has 0 bridgehead atoms. The molecule has 26 heavy (non-hydrogen) atoms. The lowest BCUT2D eigenvalue weighted by atomic mass is 9.86. The molecule has 0 spiro atoms. The fourth-order valence-electron chi connectivity index (χ4n) is 3.16. The zero-order valence-corrected chi connectivity index (χ0v) is 15.9. The van der Waals surface area contributed by atoms with Gasteiger partial charge in [0.25, 0.3) is 0 Å². The van der Waals surface area contributed by atoms with Gasteiger partial charge in [0.05, 0.1) is 0 Å². The van der Waals surface area contributed by atoms with Crippen molar-refractivity contribution in [3.05, 3.63) is 83.4 Å². The Morgan fingerprint density at radius 3 is 2.31 bits per heavy atom. The first-order valence-electron chi connectivity index (χ1n) is 9.26. The summed E-state index contributed by atoms with van der Waals surface area (Å²) < 4.78 is 0.